The van der Waals surface area contributed by atoms with E-state index in [2.05, 4.69) is 6.92 Å². The molecule has 1 saturated carbocycles. The predicted molar refractivity (Wildman–Crippen MR) is 58.6 cm³/mol. The van der Waals surface area contributed by atoms with Gasteiger partial charge >= 0.3 is 5.97 Å². The van der Waals surface area contributed by atoms with Crippen molar-refractivity contribution in [1.82, 2.24) is 0 Å². The molecule has 16 heavy (non-hydrogen) atoms. The van der Waals surface area contributed by atoms with Gasteiger partial charge in [-0.2, -0.15) is 0 Å². The van der Waals surface area contributed by atoms with Gasteiger partial charge in [0.15, 0.2) is 0 Å². The molecule has 0 radical (unpaired) electrons. The van der Waals surface area contributed by atoms with Crippen LogP contribution in [0.2, 0.25) is 0 Å². The summed E-state index contributed by atoms with van der Waals surface area (Å²) in [6.07, 6.45) is 3.59. The standard InChI is InChI=1S/C13H18O3/c1-7-6-9-11(14)16-10-4-5-12(7,3)13(9,15)8(10)2/h6,8-10,15H,4-5H2,1-3H3/t8-,9+,10+,12+,13+/m1/s1. The van der Waals surface area contributed by atoms with E-state index in [4.69, 9.17) is 4.74 Å². The number of rotatable bonds is 0. The summed E-state index contributed by atoms with van der Waals surface area (Å²) in [5.74, 6) is -0.667. The number of hydrogen-bond donors (Lipinski definition) is 1. The molecule has 2 fully saturated rings. The lowest BCUT2D eigenvalue weighted by Gasteiger charge is -2.56. The van der Waals surface area contributed by atoms with Crippen LogP contribution < -0.4 is 0 Å². The zero-order valence-corrected chi connectivity index (χ0v) is 9.99. The molecule has 0 amide bonds. The van der Waals surface area contributed by atoms with E-state index >= 15 is 0 Å². The van der Waals surface area contributed by atoms with Crippen LogP contribution in [-0.2, 0) is 9.53 Å². The monoisotopic (exact) mass is 222 g/mol. The molecule has 2 bridgehead atoms. The molecular formula is C13H18O3. The van der Waals surface area contributed by atoms with Crippen molar-refractivity contribution in [3.8, 4) is 0 Å². The minimum Gasteiger partial charge on any atom is -0.461 e. The number of carbonyl (C=O) groups is 1. The van der Waals surface area contributed by atoms with E-state index in [1.54, 1.807) is 0 Å². The minimum absolute atomic E-state index is 0.0302. The fraction of sp³-hybridized carbons (Fsp3) is 0.769. The Morgan fingerprint density at radius 1 is 1.56 bits per heavy atom. The molecule has 0 unspecified atom stereocenters. The van der Waals surface area contributed by atoms with Gasteiger partial charge in [0.2, 0.25) is 0 Å². The second-order valence-corrected chi connectivity index (χ2v) is 5.79. The zero-order valence-electron chi connectivity index (χ0n) is 9.99. The van der Waals surface area contributed by atoms with Crippen molar-refractivity contribution in [3.05, 3.63) is 11.6 Å². The highest BCUT2D eigenvalue weighted by atomic mass is 16.6. The van der Waals surface area contributed by atoms with Crippen LogP contribution >= 0.6 is 0 Å². The van der Waals surface area contributed by atoms with Crippen LogP contribution in [0.1, 0.15) is 33.6 Å². The van der Waals surface area contributed by atoms with E-state index < -0.39 is 11.5 Å². The average Bonchev–Trinajstić information content (AvgIpc) is 2.46. The lowest BCUT2D eigenvalue weighted by molar-refractivity contribution is -0.230. The predicted octanol–water partition coefficient (Wildman–Crippen LogP) is 1.66. The second-order valence-electron chi connectivity index (χ2n) is 5.79. The molecule has 3 rings (SSSR count). The molecule has 1 heterocycles. The molecule has 0 aromatic rings. The molecule has 88 valence electrons. The molecule has 1 N–H and O–H groups in total. The van der Waals surface area contributed by atoms with Gasteiger partial charge in [0, 0.05) is 11.3 Å². The first kappa shape index (κ1) is 10.3. The largest absolute Gasteiger partial charge is 0.461 e. The minimum atomic E-state index is -0.921. The van der Waals surface area contributed by atoms with Gasteiger partial charge in [-0.3, -0.25) is 4.79 Å². The first-order chi connectivity index (χ1) is 7.41. The van der Waals surface area contributed by atoms with E-state index in [1.807, 2.05) is 19.9 Å². The van der Waals surface area contributed by atoms with Crippen LogP contribution in [0.4, 0.5) is 0 Å². The Bertz CT molecular complexity index is 400. The summed E-state index contributed by atoms with van der Waals surface area (Å²) < 4.78 is 5.41. The molecule has 1 aliphatic heterocycles. The Kier molecular flexibility index (Phi) is 1.74. The molecule has 3 aliphatic rings. The molecule has 0 spiro atoms. The first-order valence-electron chi connectivity index (χ1n) is 6.03. The lowest BCUT2D eigenvalue weighted by Crippen LogP contribution is -2.65. The summed E-state index contributed by atoms with van der Waals surface area (Å²) in [6, 6.07) is 0. The lowest BCUT2D eigenvalue weighted by atomic mass is 9.55. The summed E-state index contributed by atoms with van der Waals surface area (Å²) in [5.41, 5.74) is -0.0216. The van der Waals surface area contributed by atoms with Crippen molar-refractivity contribution in [2.24, 2.45) is 17.3 Å². The molecule has 3 heteroatoms. The third kappa shape index (κ3) is 0.841. The van der Waals surface area contributed by atoms with Gasteiger partial charge in [-0.25, -0.2) is 0 Å². The van der Waals surface area contributed by atoms with Crippen molar-refractivity contribution < 1.29 is 14.6 Å². The molecule has 0 aromatic heterocycles. The van der Waals surface area contributed by atoms with Gasteiger partial charge in [-0.05, 0) is 19.8 Å². The molecule has 3 nitrogen and oxygen atoms in total. The summed E-state index contributed by atoms with van der Waals surface area (Å²) in [7, 11) is 0. The summed E-state index contributed by atoms with van der Waals surface area (Å²) >= 11 is 0. The molecule has 2 aliphatic carbocycles. The van der Waals surface area contributed by atoms with Crippen molar-refractivity contribution in [1.29, 1.82) is 0 Å². The summed E-state index contributed by atoms with van der Waals surface area (Å²) in [5, 5.41) is 11.0. The van der Waals surface area contributed by atoms with Crippen molar-refractivity contribution in [2.75, 3.05) is 0 Å². The Labute approximate surface area is 95.5 Å². The maximum absolute atomic E-state index is 11.9. The van der Waals surface area contributed by atoms with Crippen molar-refractivity contribution >= 4 is 5.97 Å². The van der Waals surface area contributed by atoms with Crippen LogP contribution in [0.25, 0.3) is 0 Å². The Hall–Kier alpha value is -0.830. The highest BCUT2D eigenvalue weighted by Gasteiger charge is 2.68. The van der Waals surface area contributed by atoms with E-state index in [-0.39, 0.29) is 23.4 Å². The Morgan fingerprint density at radius 2 is 2.25 bits per heavy atom. The zero-order chi connectivity index (χ0) is 11.7. The van der Waals surface area contributed by atoms with Gasteiger partial charge < -0.3 is 9.84 Å². The SMILES string of the molecule is CC1=C[C@H]2C(=O)O[C@H]3CC[C@]1(C)[C@]2(O)[C@@H]3C. The molecule has 1 saturated heterocycles. The van der Waals surface area contributed by atoms with Crippen LogP contribution in [-0.4, -0.2) is 22.8 Å². The third-order valence-electron chi connectivity index (χ3n) is 5.35. The van der Waals surface area contributed by atoms with E-state index in [1.165, 1.54) is 0 Å². The first-order valence-corrected chi connectivity index (χ1v) is 6.03. The quantitative estimate of drug-likeness (QED) is 0.501. The highest BCUT2D eigenvalue weighted by molar-refractivity contribution is 5.79. The summed E-state index contributed by atoms with van der Waals surface area (Å²) in [4.78, 5) is 11.9. The van der Waals surface area contributed by atoms with Crippen LogP contribution in [0, 0.1) is 17.3 Å². The Balaban J connectivity index is 2.20. The van der Waals surface area contributed by atoms with E-state index in [0.29, 0.717) is 0 Å². The third-order valence-corrected chi connectivity index (χ3v) is 5.35. The number of ether oxygens (including phenoxy) is 1. The van der Waals surface area contributed by atoms with Crippen molar-refractivity contribution in [2.45, 2.75) is 45.3 Å². The highest BCUT2D eigenvalue weighted by Crippen LogP contribution is 2.62. The molecular weight excluding hydrogens is 204 g/mol. The Morgan fingerprint density at radius 3 is 2.94 bits per heavy atom. The maximum atomic E-state index is 11.9. The fourth-order valence-corrected chi connectivity index (χ4v) is 4.00. The van der Waals surface area contributed by atoms with Crippen LogP contribution in [0.3, 0.4) is 0 Å². The topological polar surface area (TPSA) is 46.5 Å². The molecule has 5 atom stereocenters. The van der Waals surface area contributed by atoms with E-state index in [9.17, 15) is 9.90 Å². The van der Waals surface area contributed by atoms with Gasteiger partial charge in [0.25, 0.3) is 0 Å². The van der Waals surface area contributed by atoms with Gasteiger partial charge in [-0.1, -0.05) is 25.5 Å². The van der Waals surface area contributed by atoms with Gasteiger partial charge in [0.1, 0.15) is 12.0 Å². The number of hydrogen-bond acceptors (Lipinski definition) is 3. The van der Waals surface area contributed by atoms with Gasteiger partial charge in [-0.15, -0.1) is 0 Å². The molecule has 0 aromatic carbocycles. The van der Waals surface area contributed by atoms with Gasteiger partial charge in [0.05, 0.1) is 5.60 Å². The fourth-order valence-electron chi connectivity index (χ4n) is 4.00. The number of fused-ring (bicyclic) bond motifs is 1. The maximum Gasteiger partial charge on any atom is 0.316 e. The van der Waals surface area contributed by atoms with Crippen LogP contribution in [0.5, 0.6) is 0 Å². The average molecular weight is 222 g/mol. The number of aliphatic hydroxyl groups is 1. The summed E-state index contributed by atoms with van der Waals surface area (Å²) in [6.45, 7) is 6.12. The number of carbonyl (C=O) groups excluding carboxylic acids is 1. The second kappa shape index (κ2) is 2.70. The van der Waals surface area contributed by atoms with Crippen molar-refractivity contribution in [3.63, 3.8) is 0 Å². The van der Waals surface area contributed by atoms with Crippen LogP contribution in [0.15, 0.2) is 11.6 Å². The smallest absolute Gasteiger partial charge is 0.316 e. The van der Waals surface area contributed by atoms with E-state index in [0.717, 1.165) is 18.4 Å². The number of esters is 1. The normalized spacial score (nSPS) is 54.6.